The van der Waals surface area contributed by atoms with Gasteiger partial charge in [-0.15, -0.1) is 0 Å². The molecule has 0 aromatic heterocycles. The van der Waals surface area contributed by atoms with Gasteiger partial charge < -0.3 is 0 Å². The Morgan fingerprint density at radius 3 is 2.37 bits per heavy atom. The zero-order valence-electron chi connectivity index (χ0n) is 15.5. The lowest BCUT2D eigenvalue weighted by molar-refractivity contribution is -0.134. The molecule has 0 spiro atoms. The average molecular weight is 394 g/mol. The predicted molar refractivity (Wildman–Crippen MR) is 100 cm³/mol. The van der Waals surface area contributed by atoms with Crippen LogP contribution in [0.1, 0.15) is 42.7 Å². The second-order valence-corrected chi connectivity index (χ2v) is 9.10. The van der Waals surface area contributed by atoms with E-state index in [4.69, 9.17) is 4.18 Å². The maximum atomic E-state index is 12.0. The molecule has 2 aliphatic rings. The Morgan fingerprint density at radius 1 is 1.11 bits per heavy atom. The van der Waals surface area contributed by atoms with Crippen molar-refractivity contribution in [3.63, 3.8) is 0 Å². The number of carbonyl (C=O) groups is 2. The third-order valence-electron chi connectivity index (χ3n) is 5.25. The highest BCUT2D eigenvalue weighted by atomic mass is 32.2. The van der Waals surface area contributed by atoms with Gasteiger partial charge in [-0.1, -0.05) is 24.3 Å². The lowest BCUT2D eigenvalue weighted by Crippen LogP contribution is -2.39. The van der Waals surface area contributed by atoms with E-state index < -0.39 is 10.1 Å². The van der Waals surface area contributed by atoms with Crippen molar-refractivity contribution in [2.45, 2.75) is 38.1 Å². The van der Waals surface area contributed by atoms with E-state index in [1.54, 1.807) is 0 Å². The molecule has 2 heterocycles. The van der Waals surface area contributed by atoms with Gasteiger partial charge in [0.25, 0.3) is 10.1 Å². The second kappa shape index (κ2) is 8.50. The number of amides is 2. The van der Waals surface area contributed by atoms with Crippen LogP contribution in [0.3, 0.4) is 0 Å². The van der Waals surface area contributed by atoms with Gasteiger partial charge in [0.05, 0.1) is 18.8 Å². The van der Waals surface area contributed by atoms with Gasteiger partial charge in [0.2, 0.25) is 11.8 Å². The standard InChI is InChI=1S/C19H26N2O5S/c1-27(24,25)26-13-15-8-10-21(11-9-15)12-14-2-4-16(5-3-14)17-6-7-18(22)20-19(17)23/h2-5,15,17H,6-13H2,1H3,(H,20,22,23). The van der Waals surface area contributed by atoms with Gasteiger partial charge in [-0.25, -0.2) is 0 Å². The van der Waals surface area contributed by atoms with E-state index in [1.165, 1.54) is 5.56 Å². The molecule has 0 radical (unpaired) electrons. The molecule has 7 nitrogen and oxygen atoms in total. The highest BCUT2D eigenvalue weighted by Crippen LogP contribution is 2.26. The molecule has 0 aliphatic carbocycles. The van der Waals surface area contributed by atoms with Crippen LogP contribution in [-0.4, -0.2) is 51.1 Å². The van der Waals surface area contributed by atoms with Gasteiger partial charge in [-0.05, 0) is 49.4 Å². The molecule has 2 saturated heterocycles. The van der Waals surface area contributed by atoms with Gasteiger partial charge in [0.1, 0.15) is 0 Å². The maximum absolute atomic E-state index is 12.0. The lowest BCUT2D eigenvalue weighted by atomic mass is 9.90. The van der Waals surface area contributed by atoms with Crippen LogP contribution in [0.5, 0.6) is 0 Å². The van der Waals surface area contributed by atoms with Gasteiger partial charge in [-0.3, -0.25) is 24.0 Å². The molecule has 2 aliphatic heterocycles. The van der Waals surface area contributed by atoms with Crippen LogP contribution in [0, 0.1) is 5.92 Å². The number of imide groups is 1. The Hall–Kier alpha value is -1.77. The molecule has 0 bridgehead atoms. The van der Waals surface area contributed by atoms with E-state index in [1.807, 2.05) is 24.3 Å². The van der Waals surface area contributed by atoms with Crippen molar-refractivity contribution in [2.75, 3.05) is 26.0 Å². The van der Waals surface area contributed by atoms with Crippen LogP contribution in [0.2, 0.25) is 0 Å². The van der Waals surface area contributed by atoms with Crippen molar-refractivity contribution in [1.29, 1.82) is 0 Å². The van der Waals surface area contributed by atoms with Crippen molar-refractivity contribution in [2.24, 2.45) is 5.92 Å². The Labute approximate surface area is 160 Å². The summed E-state index contributed by atoms with van der Waals surface area (Å²) in [6.45, 7) is 2.92. The average Bonchev–Trinajstić information content (AvgIpc) is 2.61. The fourth-order valence-electron chi connectivity index (χ4n) is 3.66. The van der Waals surface area contributed by atoms with Gasteiger partial charge in [-0.2, -0.15) is 8.42 Å². The van der Waals surface area contributed by atoms with E-state index in [0.29, 0.717) is 12.8 Å². The SMILES string of the molecule is CS(=O)(=O)OCC1CCN(Cc2ccc(C3CCC(=O)NC3=O)cc2)CC1. The van der Waals surface area contributed by atoms with E-state index in [0.717, 1.165) is 44.3 Å². The quantitative estimate of drug-likeness (QED) is 0.579. The molecule has 2 amide bonds. The molecule has 8 heteroatoms. The summed E-state index contributed by atoms with van der Waals surface area (Å²) >= 11 is 0. The summed E-state index contributed by atoms with van der Waals surface area (Å²) in [4.78, 5) is 25.6. The number of carbonyl (C=O) groups excluding carboxylic acids is 2. The third kappa shape index (κ3) is 5.85. The first kappa shape index (κ1) is 20.0. The Bertz CT molecular complexity index is 783. The monoisotopic (exact) mass is 394 g/mol. The molecule has 148 valence electrons. The molecule has 27 heavy (non-hydrogen) atoms. The predicted octanol–water partition coefficient (Wildman–Crippen LogP) is 1.39. The molecule has 1 unspecified atom stereocenters. The van der Waals surface area contributed by atoms with Crippen molar-refractivity contribution < 1.29 is 22.2 Å². The number of piperidine rings is 2. The first-order valence-corrected chi connectivity index (χ1v) is 11.1. The van der Waals surface area contributed by atoms with Crippen LogP contribution in [0.25, 0.3) is 0 Å². The van der Waals surface area contributed by atoms with Crippen molar-refractivity contribution in [3.05, 3.63) is 35.4 Å². The largest absolute Gasteiger partial charge is 0.299 e. The highest BCUT2D eigenvalue weighted by molar-refractivity contribution is 7.85. The van der Waals surface area contributed by atoms with Crippen LogP contribution in [0.4, 0.5) is 0 Å². The summed E-state index contributed by atoms with van der Waals surface area (Å²) in [6.07, 6.45) is 3.87. The van der Waals surface area contributed by atoms with Crippen LogP contribution in [0.15, 0.2) is 24.3 Å². The van der Waals surface area contributed by atoms with Crippen LogP contribution >= 0.6 is 0 Å². The van der Waals surface area contributed by atoms with Gasteiger partial charge in [0.15, 0.2) is 0 Å². The molecule has 1 atom stereocenters. The smallest absolute Gasteiger partial charge is 0.264 e. The number of likely N-dealkylation sites (tertiary alicyclic amines) is 1. The summed E-state index contributed by atoms with van der Waals surface area (Å²) in [7, 11) is -3.37. The number of nitrogens with zero attached hydrogens (tertiary/aromatic N) is 1. The van der Waals surface area contributed by atoms with Gasteiger partial charge >= 0.3 is 0 Å². The fourth-order valence-corrected chi connectivity index (χ4v) is 4.10. The number of hydrogen-bond donors (Lipinski definition) is 1. The Kier molecular flexibility index (Phi) is 6.29. The first-order valence-electron chi connectivity index (χ1n) is 9.29. The first-order chi connectivity index (χ1) is 12.8. The number of rotatable bonds is 6. The third-order valence-corrected chi connectivity index (χ3v) is 5.82. The maximum Gasteiger partial charge on any atom is 0.264 e. The molecule has 1 N–H and O–H groups in total. The van der Waals surface area contributed by atoms with E-state index >= 15 is 0 Å². The number of hydrogen-bond acceptors (Lipinski definition) is 6. The lowest BCUT2D eigenvalue weighted by Gasteiger charge is -2.31. The van der Waals surface area contributed by atoms with Crippen LogP contribution < -0.4 is 5.32 Å². The molecule has 1 aromatic rings. The Balaban J connectivity index is 1.48. The zero-order chi connectivity index (χ0) is 19.4. The van der Waals surface area contributed by atoms with E-state index in [9.17, 15) is 18.0 Å². The summed E-state index contributed by atoms with van der Waals surface area (Å²) in [5, 5.41) is 2.40. The van der Waals surface area contributed by atoms with Crippen molar-refractivity contribution in [3.8, 4) is 0 Å². The minimum atomic E-state index is -3.37. The molecule has 0 saturated carbocycles. The number of nitrogens with one attached hydrogen (secondary N) is 1. The minimum absolute atomic E-state index is 0.196. The molecule has 3 rings (SSSR count). The van der Waals surface area contributed by atoms with Crippen LogP contribution in [-0.2, 0) is 30.4 Å². The molecule has 2 fully saturated rings. The molecular weight excluding hydrogens is 368 g/mol. The topological polar surface area (TPSA) is 92.8 Å². The summed E-state index contributed by atoms with van der Waals surface area (Å²) in [6, 6.07) is 8.03. The second-order valence-electron chi connectivity index (χ2n) is 7.45. The minimum Gasteiger partial charge on any atom is -0.299 e. The molecule has 1 aromatic carbocycles. The summed E-state index contributed by atoms with van der Waals surface area (Å²) in [5.74, 6) is -0.371. The Morgan fingerprint density at radius 2 is 1.78 bits per heavy atom. The van der Waals surface area contributed by atoms with Gasteiger partial charge in [0, 0.05) is 13.0 Å². The zero-order valence-corrected chi connectivity index (χ0v) is 16.3. The number of benzene rings is 1. The van der Waals surface area contributed by atoms with E-state index in [-0.39, 0.29) is 30.3 Å². The highest BCUT2D eigenvalue weighted by Gasteiger charge is 2.28. The summed E-state index contributed by atoms with van der Waals surface area (Å²) in [5.41, 5.74) is 2.12. The fraction of sp³-hybridized carbons (Fsp3) is 0.579. The van der Waals surface area contributed by atoms with Crippen molar-refractivity contribution in [1.82, 2.24) is 10.2 Å². The normalized spacial score (nSPS) is 22.6. The van der Waals surface area contributed by atoms with E-state index in [2.05, 4.69) is 10.2 Å². The molecular formula is C19H26N2O5S. The summed E-state index contributed by atoms with van der Waals surface area (Å²) < 4.78 is 27.1. The van der Waals surface area contributed by atoms with Crippen molar-refractivity contribution >= 4 is 21.9 Å².